The molecule has 0 heterocycles. The smallest absolute Gasteiger partial charge is 0.0707 e. The molecular formula is C27H40O2. The lowest BCUT2D eigenvalue weighted by Gasteiger charge is -2.61. The van der Waals surface area contributed by atoms with E-state index in [2.05, 4.69) is 44.2 Å². The molecule has 0 aromatic heterocycles. The first-order chi connectivity index (χ1) is 13.9. The van der Waals surface area contributed by atoms with E-state index in [1.807, 2.05) is 0 Å². The first kappa shape index (κ1) is 20.1. The lowest BCUT2D eigenvalue weighted by molar-refractivity contribution is -0.160. The minimum absolute atomic E-state index is 0.0620. The number of fused-ring (bicyclic) bond motifs is 5. The Labute approximate surface area is 177 Å². The highest BCUT2D eigenvalue weighted by Gasteiger charge is 2.64. The molecule has 1 aromatic carbocycles. The molecule has 160 valence electrons. The second-order valence-corrected chi connectivity index (χ2v) is 11.6. The second-order valence-electron chi connectivity index (χ2n) is 11.6. The summed E-state index contributed by atoms with van der Waals surface area (Å²) in [6.45, 7) is 4.99. The van der Waals surface area contributed by atoms with E-state index in [0.29, 0.717) is 11.3 Å². The average molecular weight is 397 g/mol. The molecule has 0 amide bonds. The number of hydrogen-bond donors (Lipinski definition) is 2. The SMILES string of the molecule is C[C@]12CC[C@H](O)C[C@@H]1CC[C@@H]1[C@H]3CC[C@](O)(CCc4ccccc4)[C@@]3(C)CC[C@@H]12. The fourth-order valence-electron chi connectivity index (χ4n) is 8.75. The highest BCUT2D eigenvalue weighted by atomic mass is 16.3. The van der Waals surface area contributed by atoms with Crippen molar-refractivity contribution in [2.24, 2.45) is 34.5 Å². The Morgan fingerprint density at radius 3 is 2.45 bits per heavy atom. The van der Waals surface area contributed by atoms with Gasteiger partial charge in [0.25, 0.3) is 0 Å². The lowest BCUT2D eigenvalue weighted by Crippen LogP contribution is -2.56. The fourth-order valence-corrected chi connectivity index (χ4v) is 8.75. The third-order valence-electron chi connectivity index (χ3n) is 10.6. The van der Waals surface area contributed by atoms with Gasteiger partial charge in [-0.05, 0) is 111 Å². The first-order valence-electron chi connectivity index (χ1n) is 12.3. The number of aryl methyl sites for hydroxylation is 1. The van der Waals surface area contributed by atoms with E-state index >= 15 is 0 Å². The van der Waals surface area contributed by atoms with E-state index in [0.717, 1.165) is 49.9 Å². The standard InChI is InChI=1S/C27H40O2/c1-25-14-11-21(28)18-20(25)8-9-22-23(25)12-15-26(2)24(22)13-17-27(26,29)16-10-19-6-4-3-5-7-19/h3-7,20-24,28-29H,8-18H2,1-2H3/t20-,21-,22-,23-,24+,25-,26-,27+/m0/s1. The minimum atomic E-state index is -0.501. The molecule has 4 aliphatic carbocycles. The Kier molecular flexibility index (Phi) is 4.91. The minimum Gasteiger partial charge on any atom is -0.393 e. The van der Waals surface area contributed by atoms with Crippen molar-refractivity contribution in [2.45, 2.75) is 96.2 Å². The fraction of sp³-hybridized carbons (Fsp3) is 0.778. The summed E-state index contributed by atoms with van der Waals surface area (Å²) in [6.07, 6.45) is 12.4. The van der Waals surface area contributed by atoms with Gasteiger partial charge in [0.1, 0.15) is 0 Å². The zero-order valence-corrected chi connectivity index (χ0v) is 18.4. The predicted octanol–water partition coefficient (Wildman–Crippen LogP) is 5.75. The molecule has 0 bridgehead atoms. The van der Waals surface area contributed by atoms with Crippen LogP contribution in [-0.2, 0) is 6.42 Å². The van der Waals surface area contributed by atoms with Gasteiger partial charge in [0.05, 0.1) is 11.7 Å². The molecule has 0 aliphatic heterocycles. The number of rotatable bonds is 3. The third kappa shape index (κ3) is 3.04. The van der Waals surface area contributed by atoms with Gasteiger partial charge in [-0.15, -0.1) is 0 Å². The van der Waals surface area contributed by atoms with E-state index in [-0.39, 0.29) is 11.5 Å². The van der Waals surface area contributed by atoms with Crippen LogP contribution in [0.15, 0.2) is 30.3 Å². The third-order valence-corrected chi connectivity index (χ3v) is 10.6. The van der Waals surface area contributed by atoms with Crippen molar-refractivity contribution in [3.63, 3.8) is 0 Å². The van der Waals surface area contributed by atoms with E-state index in [1.54, 1.807) is 0 Å². The van der Waals surface area contributed by atoms with Crippen molar-refractivity contribution in [3.05, 3.63) is 35.9 Å². The van der Waals surface area contributed by atoms with E-state index in [1.165, 1.54) is 44.1 Å². The normalized spacial score (nSPS) is 49.2. The summed E-state index contributed by atoms with van der Waals surface area (Å²) in [5, 5.41) is 22.1. The Morgan fingerprint density at radius 1 is 0.897 bits per heavy atom. The van der Waals surface area contributed by atoms with Gasteiger partial charge in [-0.1, -0.05) is 44.2 Å². The Hall–Kier alpha value is -0.860. The summed E-state index contributed by atoms with van der Waals surface area (Å²) in [5.41, 5.74) is 1.36. The van der Waals surface area contributed by atoms with Crippen molar-refractivity contribution in [1.82, 2.24) is 0 Å². The van der Waals surface area contributed by atoms with Crippen LogP contribution in [0.1, 0.15) is 83.6 Å². The molecule has 0 saturated heterocycles. The topological polar surface area (TPSA) is 40.5 Å². The van der Waals surface area contributed by atoms with E-state index < -0.39 is 5.60 Å². The lowest BCUT2D eigenvalue weighted by atomic mass is 9.44. The number of benzene rings is 1. The van der Waals surface area contributed by atoms with Gasteiger partial charge in [0.15, 0.2) is 0 Å². The molecule has 2 heteroatoms. The van der Waals surface area contributed by atoms with Gasteiger partial charge in [-0.25, -0.2) is 0 Å². The maximum absolute atomic E-state index is 11.9. The van der Waals surface area contributed by atoms with Crippen LogP contribution >= 0.6 is 0 Å². The van der Waals surface area contributed by atoms with Crippen LogP contribution in [0, 0.1) is 34.5 Å². The molecule has 1 aromatic rings. The van der Waals surface area contributed by atoms with Crippen LogP contribution in [0.2, 0.25) is 0 Å². The van der Waals surface area contributed by atoms with E-state index in [4.69, 9.17) is 0 Å². The summed E-state index contributed by atoms with van der Waals surface area (Å²) >= 11 is 0. The zero-order valence-electron chi connectivity index (χ0n) is 18.4. The summed E-state index contributed by atoms with van der Waals surface area (Å²) < 4.78 is 0. The van der Waals surface area contributed by atoms with E-state index in [9.17, 15) is 10.2 Å². The summed E-state index contributed by atoms with van der Waals surface area (Å²) in [6, 6.07) is 10.7. The summed E-state index contributed by atoms with van der Waals surface area (Å²) in [7, 11) is 0. The Bertz CT molecular complexity index is 731. The van der Waals surface area contributed by atoms with Crippen LogP contribution in [-0.4, -0.2) is 21.9 Å². The molecule has 8 atom stereocenters. The van der Waals surface area contributed by atoms with Gasteiger partial charge in [0.2, 0.25) is 0 Å². The van der Waals surface area contributed by atoms with Gasteiger partial charge < -0.3 is 10.2 Å². The molecule has 4 fully saturated rings. The maximum Gasteiger partial charge on any atom is 0.0707 e. The van der Waals surface area contributed by atoms with Crippen LogP contribution in [0.4, 0.5) is 0 Å². The zero-order chi connectivity index (χ0) is 20.3. The summed E-state index contributed by atoms with van der Waals surface area (Å²) in [5.74, 6) is 3.00. The largest absolute Gasteiger partial charge is 0.393 e. The molecule has 29 heavy (non-hydrogen) atoms. The number of hydrogen-bond acceptors (Lipinski definition) is 2. The maximum atomic E-state index is 11.9. The van der Waals surface area contributed by atoms with Crippen LogP contribution in [0.3, 0.4) is 0 Å². The van der Waals surface area contributed by atoms with Crippen molar-refractivity contribution in [2.75, 3.05) is 0 Å². The molecule has 2 nitrogen and oxygen atoms in total. The molecular weight excluding hydrogens is 356 g/mol. The molecule has 2 N–H and O–H groups in total. The average Bonchev–Trinajstić information content (AvgIpc) is 2.99. The quantitative estimate of drug-likeness (QED) is 0.682. The molecule has 0 radical (unpaired) electrons. The highest BCUT2D eigenvalue weighted by Crippen LogP contribution is 2.68. The van der Waals surface area contributed by atoms with Gasteiger partial charge in [-0.2, -0.15) is 0 Å². The Balaban J connectivity index is 1.35. The van der Waals surface area contributed by atoms with Gasteiger partial charge >= 0.3 is 0 Å². The van der Waals surface area contributed by atoms with Crippen molar-refractivity contribution in [1.29, 1.82) is 0 Å². The van der Waals surface area contributed by atoms with Crippen LogP contribution < -0.4 is 0 Å². The Morgan fingerprint density at radius 2 is 1.66 bits per heavy atom. The molecule has 5 rings (SSSR count). The van der Waals surface area contributed by atoms with Crippen molar-refractivity contribution < 1.29 is 10.2 Å². The van der Waals surface area contributed by atoms with Crippen LogP contribution in [0.25, 0.3) is 0 Å². The van der Waals surface area contributed by atoms with Gasteiger partial charge in [-0.3, -0.25) is 0 Å². The second kappa shape index (κ2) is 7.09. The molecule has 4 aliphatic rings. The van der Waals surface area contributed by atoms with Crippen LogP contribution in [0.5, 0.6) is 0 Å². The monoisotopic (exact) mass is 396 g/mol. The first-order valence-corrected chi connectivity index (χ1v) is 12.3. The van der Waals surface area contributed by atoms with Crippen molar-refractivity contribution in [3.8, 4) is 0 Å². The van der Waals surface area contributed by atoms with Gasteiger partial charge in [0, 0.05) is 0 Å². The molecule has 0 spiro atoms. The predicted molar refractivity (Wildman–Crippen MR) is 117 cm³/mol. The summed E-state index contributed by atoms with van der Waals surface area (Å²) in [4.78, 5) is 0. The number of aliphatic hydroxyl groups excluding tert-OH is 1. The molecule has 0 unspecified atom stereocenters. The highest BCUT2D eigenvalue weighted by molar-refractivity contribution is 5.18. The van der Waals surface area contributed by atoms with Crippen molar-refractivity contribution >= 4 is 0 Å². The molecule has 4 saturated carbocycles. The number of aliphatic hydroxyl groups is 2.